The Labute approximate surface area is 199 Å². The van der Waals surface area contributed by atoms with E-state index in [1.807, 2.05) is 0 Å². The number of rotatable bonds is 12. The van der Waals surface area contributed by atoms with E-state index >= 15 is 0 Å². The Kier molecular flexibility index (Phi) is 9.21. The summed E-state index contributed by atoms with van der Waals surface area (Å²) in [6.07, 6.45) is 8.33. The van der Waals surface area contributed by atoms with E-state index in [0.29, 0.717) is 23.5 Å². The van der Waals surface area contributed by atoms with Gasteiger partial charge in [0.2, 0.25) is 0 Å². The Morgan fingerprint density at radius 3 is 1.97 bits per heavy atom. The first-order valence-electron chi connectivity index (χ1n) is 11.8. The maximum Gasteiger partial charge on any atom is 0.343 e. The van der Waals surface area contributed by atoms with Crippen LogP contribution in [-0.2, 0) is 4.79 Å². The summed E-state index contributed by atoms with van der Waals surface area (Å²) in [6.45, 7) is 2.19. The van der Waals surface area contributed by atoms with Crippen molar-refractivity contribution in [3.8, 4) is 11.5 Å². The molecule has 34 heavy (non-hydrogen) atoms. The van der Waals surface area contributed by atoms with Crippen molar-refractivity contribution in [2.24, 2.45) is 0 Å². The van der Waals surface area contributed by atoms with Crippen molar-refractivity contribution in [3.63, 3.8) is 0 Å². The Morgan fingerprint density at radius 2 is 1.26 bits per heavy atom. The number of hydrogen-bond donors (Lipinski definition) is 1. The van der Waals surface area contributed by atoms with Crippen LogP contribution in [0.15, 0.2) is 60.7 Å². The predicted octanol–water partition coefficient (Wildman–Crippen LogP) is 6.80. The normalized spacial score (nSPS) is 10.7. The van der Waals surface area contributed by atoms with Crippen molar-refractivity contribution in [3.05, 3.63) is 71.8 Å². The van der Waals surface area contributed by atoms with E-state index in [2.05, 4.69) is 6.92 Å². The standard InChI is InChI=1S/C28H30O6/c1-2-3-4-5-6-7-8-9-26(29)33-24-15-12-20(13-16-24)28(32)34-25-17-14-21-18-23(27(30)31)11-10-22(21)19-25/h10-19H,2-9H2,1H3,(H,30,31). The van der Waals surface area contributed by atoms with E-state index in [9.17, 15) is 14.4 Å². The van der Waals surface area contributed by atoms with Gasteiger partial charge in [-0.25, -0.2) is 9.59 Å². The predicted molar refractivity (Wildman–Crippen MR) is 131 cm³/mol. The molecule has 0 aliphatic rings. The number of esters is 2. The third kappa shape index (κ3) is 7.44. The van der Waals surface area contributed by atoms with Gasteiger partial charge in [0.05, 0.1) is 11.1 Å². The number of carbonyl (C=O) groups is 3. The molecule has 0 fully saturated rings. The molecule has 3 aromatic carbocycles. The first kappa shape index (κ1) is 25.0. The molecule has 0 saturated heterocycles. The number of unbranched alkanes of at least 4 members (excludes halogenated alkanes) is 6. The summed E-state index contributed by atoms with van der Waals surface area (Å²) in [7, 11) is 0. The van der Waals surface area contributed by atoms with Crippen LogP contribution < -0.4 is 9.47 Å². The zero-order valence-corrected chi connectivity index (χ0v) is 19.4. The second-order valence-electron chi connectivity index (χ2n) is 8.29. The van der Waals surface area contributed by atoms with Crippen LogP contribution in [-0.4, -0.2) is 23.0 Å². The molecule has 0 bridgehead atoms. The van der Waals surface area contributed by atoms with Gasteiger partial charge in [-0.2, -0.15) is 0 Å². The number of carbonyl (C=O) groups excluding carboxylic acids is 2. The van der Waals surface area contributed by atoms with Crippen LogP contribution in [0.2, 0.25) is 0 Å². The molecule has 0 spiro atoms. The molecule has 0 aliphatic carbocycles. The summed E-state index contributed by atoms with van der Waals surface area (Å²) >= 11 is 0. The van der Waals surface area contributed by atoms with E-state index in [0.717, 1.165) is 30.0 Å². The van der Waals surface area contributed by atoms with E-state index in [-0.39, 0.29) is 11.5 Å². The zero-order chi connectivity index (χ0) is 24.3. The van der Waals surface area contributed by atoms with E-state index in [1.165, 1.54) is 31.7 Å². The number of aromatic carboxylic acids is 1. The lowest BCUT2D eigenvalue weighted by atomic mass is 10.1. The maximum absolute atomic E-state index is 12.5. The fraction of sp³-hybridized carbons (Fsp3) is 0.321. The summed E-state index contributed by atoms with van der Waals surface area (Å²) in [6, 6.07) is 16.0. The maximum atomic E-state index is 12.5. The molecule has 6 heteroatoms. The van der Waals surface area contributed by atoms with Crippen molar-refractivity contribution in [2.75, 3.05) is 0 Å². The zero-order valence-electron chi connectivity index (χ0n) is 19.4. The summed E-state index contributed by atoms with van der Waals surface area (Å²) in [4.78, 5) is 35.6. The van der Waals surface area contributed by atoms with Gasteiger partial charge in [-0.15, -0.1) is 0 Å². The highest BCUT2D eigenvalue weighted by Gasteiger charge is 2.11. The number of fused-ring (bicyclic) bond motifs is 1. The highest BCUT2D eigenvalue weighted by molar-refractivity contribution is 5.95. The third-order valence-corrected chi connectivity index (χ3v) is 5.58. The van der Waals surface area contributed by atoms with Gasteiger partial charge < -0.3 is 14.6 Å². The van der Waals surface area contributed by atoms with Gasteiger partial charge in [0.1, 0.15) is 11.5 Å². The second kappa shape index (κ2) is 12.5. The summed E-state index contributed by atoms with van der Waals surface area (Å²) < 4.78 is 10.8. The second-order valence-corrected chi connectivity index (χ2v) is 8.29. The minimum atomic E-state index is -0.996. The first-order valence-corrected chi connectivity index (χ1v) is 11.8. The third-order valence-electron chi connectivity index (χ3n) is 5.58. The average molecular weight is 463 g/mol. The fourth-order valence-corrected chi connectivity index (χ4v) is 3.65. The molecule has 0 aromatic heterocycles. The van der Waals surface area contributed by atoms with E-state index in [4.69, 9.17) is 14.6 Å². The van der Waals surface area contributed by atoms with Gasteiger partial charge in [-0.05, 0) is 65.7 Å². The Bertz CT molecular complexity index is 1130. The quantitative estimate of drug-likeness (QED) is 0.181. The molecular formula is C28H30O6. The molecule has 0 amide bonds. The molecule has 178 valence electrons. The molecule has 0 radical (unpaired) electrons. The molecule has 0 heterocycles. The molecule has 1 N–H and O–H groups in total. The lowest BCUT2D eigenvalue weighted by Crippen LogP contribution is -2.10. The number of ether oxygens (including phenoxy) is 2. The van der Waals surface area contributed by atoms with Gasteiger partial charge >= 0.3 is 17.9 Å². The van der Waals surface area contributed by atoms with Gasteiger partial charge in [0, 0.05) is 6.42 Å². The van der Waals surface area contributed by atoms with E-state index < -0.39 is 11.9 Å². The first-order chi connectivity index (χ1) is 16.5. The van der Waals surface area contributed by atoms with Crippen LogP contribution in [0.3, 0.4) is 0 Å². The fourth-order valence-electron chi connectivity index (χ4n) is 3.65. The lowest BCUT2D eigenvalue weighted by Gasteiger charge is -2.08. The summed E-state index contributed by atoms with van der Waals surface area (Å²) in [5, 5.41) is 10.6. The Balaban J connectivity index is 1.48. The van der Waals surface area contributed by atoms with Crippen LogP contribution in [0.1, 0.15) is 79.0 Å². The Morgan fingerprint density at radius 1 is 0.676 bits per heavy atom. The van der Waals surface area contributed by atoms with Crippen molar-refractivity contribution in [2.45, 2.75) is 58.3 Å². The monoisotopic (exact) mass is 462 g/mol. The van der Waals surface area contributed by atoms with Crippen LogP contribution in [0.25, 0.3) is 10.8 Å². The van der Waals surface area contributed by atoms with Crippen molar-refractivity contribution >= 4 is 28.7 Å². The molecule has 3 rings (SSSR count). The van der Waals surface area contributed by atoms with E-state index in [1.54, 1.807) is 54.6 Å². The summed E-state index contributed by atoms with van der Waals surface area (Å²) in [5.74, 6) is -1.06. The molecule has 3 aromatic rings. The van der Waals surface area contributed by atoms with Gasteiger partial charge in [0.15, 0.2) is 0 Å². The molecule has 0 unspecified atom stereocenters. The topological polar surface area (TPSA) is 89.9 Å². The minimum absolute atomic E-state index is 0.195. The smallest absolute Gasteiger partial charge is 0.343 e. The molecule has 0 saturated carbocycles. The molecule has 0 atom stereocenters. The van der Waals surface area contributed by atoms with Crippen molar-refractivity contribution in [1.29, 1.82) is 0 Å². The van der Waals surface area contributed by atoms with Gasteiger partial charge in [-0.3, -0.25) is 4.79 Å². The van der Waals surface area contributed by atoms with Crippen LogP contribution in [0.4, 0.5) is 0 Å². The van der Waals surface area contributed by atoms with Crippen LogP contribution >= 0.6 is 0 Å². The van der Waals surface area contributed by atoms with Gasteiger partial charge in [0.25, 0.3) is 0 Å². The molecule has 6 nitrogen and oxygen atoms in total. The molecular weight excluding hydrogens is 432 g/mol. The van der Waals surface area contributed by atoms with Crippen LogP contribution in [0, 0.1) is 0 Å². The SMILES string of the molecule is CCCCCCCCCC(=O)Oc1ccc(C(=O)Oc2ccc3cc(C(=O)O)ccc3c2)cc1. The molecule has 0 aliphatic heterocycles. The number of benzene rings is 3. The van der Waals surface area contributed by atoms with Gasteiger partial charge in [-0.1, -0.05) is 57.6 Å². The van der Waals surface area contributed by atoms with Crippen molar-refractivity contribution < 1.29 is 29.0 Å². The minimum Gasteiger partial charge on any atom is -0.478 e. The largest absolute Gasteiger partial charge is 0.478 e. The highest BCUT2D eigenvalue weighted by atomic mass is 16.5. The number of hydrogen-bond acceptors (Lipinski definition) is 5. The highest BCUT2D eigenvalue weighted by Crippen LogP contribution is 2.23. The van der Waals surface area contributed by atoms with Crippen molar-refractivity contribution in [1.82, 2.24) is 0 Å². The number of carboxylic acids is 1. The summed E-state index contributed by atoms with van der Waals surface area (Å²) in [5.41, 5.74) is 0.522. The lowest BCUT2D eigenvalue weighted by molar-refractivity contribution is -0.134. The number of carboxylic acid groups (broad SMARTS) is 1. The van der Waals surface area contributed by atoms with Crippen LogP contribution in [0.5, 0.6) is 11.5 Å². The average Bonchev–Trinajstić information content (AvgIpc) is 2.83. The Hall–Kier alpha value is -3.67.